The Kier molecular flexibility index (Phi) is 8.38. The van der Waals surface area contributed by atoms with Gasteiger partial charge in [0.15, 0.2) is 0 Å². The van der Waals surface area contributed by atoms with Crippen LogP contribution in [0.25, 0.3) is 38.6 Å². The van der Waals surface area contributed by atoms with Crippen molar-refractivity contribution in [3.05, 3.63) is 264 Å². The van der Waals surface area contributed by atoms with Crippen molar-refractivity contribution in [1.82, 2.24) is 0 Å². The van der Waals surface area contributed by atoms with Gasteiger partial charge in [0, 0.05) is 28.9 Å². The lowest BCUT2D eigenvalue weighted by Gasteiger charge is -2.34. The molecule has 0 fully saturated rings. The van der Waals surface area contributed by atoms with E-state index in [0.29, 0.717) is 0 Å². The van der Waals surface area contributed by atoms with Crippen LogP contribution in [0.5, 0.6) is 0 Å². The van der Waals surface area contributed by atoms with E-state index in [-0.39, 0.29) is 12.0 Å². The number of hydrogen-bond donors (Lipinski definition) is 0. The fourth-order valence-corrected chi connectivity index (χ4v) is 10.8. The van der Waals surface area contributed by atoms with Gasteiger partial charge in [-0.25, -0.2) is 0 Å². The van der Waals surface area contributed by atoms with E-state index in [1.807, 2.05) is 0 Å². The maximum Gasteiger partial charge on any atom is 0.128 e. The molecule has 1 aliphatic heterocycles. The van der Waals surface area contributed by atoms with Crippen LogP contribution in [0.1, 0.15) is 40.7 Å². The highest BCUT2D eigenvalue weighted by atomic mass is 16.5. The quantitative estimate of drug-likeness (QED) is 0.160. The third kappa shape index (κ3) is 5.56. The average Bonchev–Trinajstić information content (AvgIpc) is 3.87. The fraction of sp³-hybridized carbons (Fsp3) is 0.0847. The first-order valence-electron chi connectivity index (χ1n) is 21.6. The van der Waals surface area contributed by atoms with Gasteiger partial charge in [-0.05, 0) is 104 Å². The van der Waals surface area contributed by atoms with E-state index >= 15 is 0 Å². The summed E-state index contributed by atoms with van der Waals surface area (Å²) in [6, 6.07) is 71.8. The summed E-state index contributed by atoms with van der Waals surface area (Å²) in [5, 5.41) is 2.44. The van der Waals surface area contributed by atoms with Gasteiger partial charge < -0.3 is 9.64 Å². The Morgan fingerprint density at radius 1 is 0.557 bits per heavy atom. The molecular formula is C59H43NO. The van der Waals surface area contributed by atoms with Crippen LogP contribution >= 0.6 is 0 Å². The molecule has 2 heteroatoms. The summed E-state index contributed by atoms with van der Waals surface area (Å²) in [6.07, 6.45) is 13.3. The van der Waals surface area contributed by atoms with Gasteiger partial charge in [0.1, 0.15) is 11.9 Å². The van der Waals surface area contributed by atoms with Crippen molar-refractivity contribution in [3.63, 3.8) is 0 Å². The Morgan fingerprint density at radius 2 is 1.23 bits per heavy atom. The molecule has 0 saturated heterocycles. The smallest absolute Gasteiger partial charge is 0.128 e. The molecule has 8 aromatic rings. The Balaban J connectivity index is 1.07. The third-order valence-electron chi connectivity index (χ3n) is 13.4. The maximum atomic E-state index is 6.51. The molecule has 0 aromatic heterocycles. The van der Waals surface area contributed by atoms with E-state index < -0.39 is 5.41 Å². The molecule has 0 saturated carbocycles. The minimum atomic E-state index is -0.468. The standard InChI is InChI=1S/C59H43NO/c1-4-18-42(19-5-1)57-47-24-11-10-17-40(47)33-38-54(57)60(45-34-31-41(32-35-45)48-27-16-30-56-58(48)50-26-13-15-29-55(50)61-56)46-36-37-53-51(39-46)49-25-12-14-28-52(49)59(53,43-20-6-2-7-21-43)44-22-8-3-9-23-44/h1-14,16-28,30-39,56,58H,15,29H2. The zero-order valence-electron chi connectivity index (χ0n) is 33.8. The minimum Gasteiger partial charge on any atom is -0.489 e. The van der Waals surface area contributed by atoms with Crippen LogP contribution in [0.15, 0.2) is 236 Å². The zero-order chi connectivity index (χ0) is 40.3. The van der Waals surface area contributed by atoms with Gasteiger partial charge in [0.2, 0.25) is 0 Å². The van der Waals surface area contributed by atoms with Crippen LogP contribution in [-0.4, -0.2) is 6.10 Å². The molecule has 0 N–H and O–H groups in total. The van der Waals surface area contributed by atoms with Gasteiger partial charge in [-0.1, -0.05) is 188 Å². The van der Waals surface area contributed by atoms with E-state index in [1.54, 1.807) is 0 Å². The van der Waals surface area contributed by atoms with Gasteiger partial charge in [0.25, 0.3) is 0 Å². The number of hydrogen-bond acceptors (Lipinski definition) is 2. The normalized spacial score (nSPS) is 17.9. The van der Waals surface area contributed by atoms with E-state index in [4.69, 9.17) is 4.74 Å². The predicted octanol–water partition coefficient (Wildman–Crippen LogP) is 14.9. The third-order valence-corrected chi connectivity index (χ3v) is 13.4. The first-order chi connectivity index (χ1) is 30.3. The SMILES string of the molecule is C1=CC2OC3=C(C=CCC3)C2C(c2ccc(N(c3ccc4c(c3)-c3ccccc3C4(c3ccccc3)c3ccccc3)c3ccc4ccccc4c3-c3ccccc3)cc2)=C1. The summed E-state index contributed by atoms with van der Waals surface area (Å²) in [6.45, 7) is 0. The molecule has 290 valence electrons. The monoisotopic (exact) mass is 781 g/mol. The molecule has 12 rings (SSSR count). The van der Waals surface area contributed by atoms with E-state index in [9.17, 15) is 0 Å². The summed E-state index contributed by atoms with van der Waals surface area (Å²) in [5.74, 6) is 1.36. The molecule has 0 radical (unpaired) electrons. The average molecular weight is 782 g/mol. The molecule has 2 nitrogen and oxygen atoms in total. The van der Waals surface area contributed by atoms with Crippen molar-refractivity contribution >= 4 is 33.4 Å². The largest absolute Gasteiger partial charge is 0.489 e. The fourth-order valence-electron chi connectivity index (χ4n) is 10.8. The van der Waals surface area contributed by atoms with Gasteiger partial charge >= 0.3 is 0 Å². The summed E-state index contributed by atoms with van der Waals surface area (Å²) < 4.78 is 6.51. The number of rotatable bonds is 7. The van der Waals surface area contributed by atoms with Crippen LogP contribution < -0.4 is 4.90 Å². The van der Waals surface area contributed by atoms with Crippen LogP contribution in [0, 0.1) is 5.92 Å². The second-order valence-electron chi connectivity index (χ2n) is 16.6. The highest BCUT2D eigenvalue weighted by molar-refractivity contribution is 6.05. The number of fused-ring (bicyclic) bond motifs is 6. The molecule has 61 heavy (non-hydrogen) atoms. The molecular weight excluding hydrogens is 739 g/mol. The number of allylic oxidation sites excluding steroid dienone is 5. The van der Waals surface area contributed by atoms with Crippen LogP contribution in [0.4, 0.5) is 17.1 Å². The summed E-state index contributed by atoms with van der Waals surface area (Å²) in [5.41, 5.74) is 16.8. The van der Waals surface area contributed by atoms with Crippen molar-refractivity contribution in [2.45, 2.75) is 24.4 Å². The predicted molar refractivity (Wildman–Crippen MR) is 252 cm³/mol. The van der Waals surface area contributed by atoms with Crippen molar-refractivity contribution in [2.24, 2.45) is 5.92 Å². The van der Waals surface area contributed by atoms with Crippen LogP contribution in [0.2, 0.25) is 0 Å². The molecule has 0 spiro atoms. The van der Waals surface area contributed by atoms with Crippen molar-refractivity contribution in [3.8, 4) is 22.3 Å². The molecule has 8 aromatic carbocycles. The Morgan fingerprint density at radius 3 is 2.02 bits per heavy atom. The molecule has 3 aliphatic carbocycles. The number of nitrogens with zero attached hydrogens (tertiary/aromatic N) is 1. The van der Waals surface area contributed by atoms with Gasteiger partial charge in [-0.3, -0.25) is 0 Å². The second-order valence-corrected chi connectivity index (χ2v) is 16.6. The van der Waals surface area contributed by atoms with E-state index in [1.165, 1.54) is 72.0 Å². The lowest BCUT2D eigenvalue weighted by atomic mass is 9.68. The highest BCUT2D eigenvalue weighted by Gasteiger charge is 2.46. The van der Waals surface area contributed by atoms with Crippen LogP contribution in [-0.2, 0) is 10.2 Å². The van der Waals surface area contributed by atoms with Gasteiger partial charge in [-0.15, -0.1) is 0 Å². The number of benzene rings is 8. The molecule has 4 aliphatic rings. The number of anilines is 3. The molecule has 0 amide bonds. The zero-order valence-corrected chi connectivity index (χ0v) is 33.8. The lowest BCUT2D eigenvalue weighted by Crippen LogP contribution is -2.28. The Labute approximate surface area is 357 Å². The van der Waals surface area contributed by atoms with Gasteiger partial charge in [-0.2, -0.15) is 0 Å². The summed E-state index contributed by atoms with van der Waals surface area (Å²) in [4.78, 5) is 2.48. The molecule has 2 atom stereocenters. The second kappa shape index (κ2) is 14.4. The van der Waals surface area contributed by atoms with Crippen molar-refractivity contribution in [2.75, 3.05) is 4.90 Å². The Bertz CT molecular complexity index is 3060. The number of ether oxygens (including phenoxy) is 1. The van der Waals surface area contributed by atoms with E-state index in [2.05, 4.69) is 229 Å². The minimum absolute atomic E-state index is 0.0446. The maximum absolute atomic E-state index is 6.51. The highest BCUT2D eigenvalue weighted by Crippen LogP contribution is 2.57. The molecule has 0 bridgehead atoms. The van der Waals surface area contributed by atoms with Gasteiger partial charge in [0.05, 0.1) is 17.0 Å². The Hall–Kier alpha value is -7.42. The van der Waals surface area contributed by atoms with Crippen LogP contribution in [0.3, 0.4) is 0 Å². The first-order valence-corrected chi connectivity index (χ1v) is 21.6. The molecule has 1 heterocycles. The first kappa shape index (κ1) is 35.5. The van der Waals surface area contributed by atoms with E-state index in [0.717, 1.165) is 35.7 Å². The molecule has 2 unspecified atom stereocenters. The van der Waals surface area contributed by atoms with Crippen molar-refractivity contribution in [1.29, 1.82) is 0 Å². The summed E-state index contributed by atoms with van der Waals surface area (Å²) in [7, 11) is 0. The lowest BCUT2D eigenvalue weighted by molar-refractivity contribution is 0.160. The summed E-state index contributed by atoms with van der Waals surface area (Å²) >= 11 is 0. The topological polar surface area (TPSA) is 12.5 Å². The van der Waals surface area contributed by atoms with Crippen molar-refractivity contribution < 1.29 is 4.74 Å².